The molecule has 1 unspecified atom stereocenters. The molecule has 3 rings (SSSR count). The zero-order valence-corrected chi connectivity index (χ0v) is 12.5. The molecular weight excluding hydrogens is 266 g/mol. The fraction of sp³-hybridized carbons (Fsp3) is 0.588. The molecule has 0 bridgehead atoms. The van der Waals surface area contributed by atoms with Gasteiger partial charge in [0.15, 0.2) is 0 Å². The van der Waals surface area contributed by atoms with Gasteiger partial charge in [-0.05, 0) is 37.7 Å². The van der Waals surface area contributed by atoms with Gasteiger partial charge in [0.2, 0.25) is 5.91 Å². The van der Waals surface area contributed by atoms with E-state index < -0.39 is 5.60 Å². The van der Waals surface area contributed by atoms with Crippen molar-refractivity contribution in [3.05, 3.63) is 29.8 Å². The molecule has 1 atom stereocenters. The molecule has 1 aromatic carbocycles. The summed E-state index contributed by atoms with van der Waals surface area (Å²) in [4.78, 5) is 12.4. The lowest BCUT2D eigenvalue weighted by Gasteiger charge is -2.35. The van der Waals surface area contributed by atoms with Crippen LogP contribution in [0.1, 0.15) is 44.1 Å². The normalized spacial score (nSPS) is 31.3. The first-order valence-electron chi connectivity index (χ1n) is 7.79. The summed E-state index contributed by atoms with van der Waals surface area (Å²) >= 11 is 0. The fourth-order valence-corrected chi connectivity index (χ4v) is 3.23. The van der Waals surface area contributed by atoms with E-state index >= 15 is 0 Å². The molecule has 4 nitrogen and oxygen atoms in total. The van der Waals surface area contributed by atoms with Crippen LogP contribution in [0.15, 0.2) is 24.3 Å². The van der Waals surface area contributed by atoms with Gasteiger partial charge in [0.05, 0.1) is 5.60 Å². The van der Waals surface area contributed by atoms with Gasteiger partial charge in [-0.25, -0.2) is 0 Å². The molecule has 1 fully saturated rings. The summed E-state index contributed by atoms with van der Waals surface area (Å²) < 4.78 is 5.54. The SMILES string of the molecule is CC1CCC(O)(CNC(=O)C2COc3ccccc32)CC1. The highest BCUT2D eigenvalue weighted by molar-refractivity contribution is 5.85. The Morgan fingerprint density at radius 3 is 2.86 bits per heavy atom. The lowest BCUT2D eigenvalue weighted by Crippen LogP contribution is -2.46. The minimum atomic E-state index is -0.735. The molecule has 0 spiro atoms. The summed E-state index contributed by atoms with van der Waals surface area (Å²) in [5.74, 6) is 1.17. The third kappa shape index (κ3) is 3.05. The second-order valence-corrected chi connectivity index (χ2v) is 6.53. The van der Waals surface area contributed by atoms with Crippen LogP contribution in [0.25, 0.3) is 0 Å². The van der Waals surface area contributed by atoms with E-state index in [4.69, 9.17) is 4.74 Å². The van der Waals surface area contributed by atoms with E-state index in [-0.39, 0.29) is 11.8 Å². The van der Waals surface area contributed by atoms with E-state index in [1.54, 1.807) is 0 Å². The highest BCUT2D eigenvalue weighted by Gasteiger charge is 2.34. The smallest absolute Gasteiger partial charge is 0.231 e. The zero-order valence-electron chi connectivity index (χ0n) is 12.5. The predicted octanol–water partition coefficient (Wildman–Crippen LogP) is 2.22. The molecule has 114 valence electrons. The van der Waals surface area contributed by atoms with Crippen molar-refractivity contribution in [2.45, 2.75) is 44.1 Å². The summed E-state index contributed by atoms with van der Waals surface area (Å²) in [5.41, 5.74) is 0.209. The quantitative estimate of drug-likeness (QED) is 0.897. The molecule has 21 heavy (non-hydrogen) atoms. The summed E-state index contributed by atoms with van der Waals surface area (Å²) in [5, 5.41) is 13.5. The number of hydrogen-bond acceptors (Lipinski definition) is 3. The van der Waals surface area contributed by atoms with Crippen LogP contribution >= 0.6 is 0 Å². The van der Waals surface area contributed by atoms with E-state index in [0.29, 0.717) is 19.1 Å². The Kier molecular flexibility index (Phi) is 3.89. The van der Waals surface area contributed by atoms with Gasteiger partial charge in [0, 0.05) is 12.1 Å². The summed E-state index contributed by atoms with van der Waals surface area (Å²) in [7, 11) is 0. The van der Waals surface area contributed by atoms with Crippen molar-refractivity contribution < 1.29 is 14.6 Å². The molecule has 1 heterocycles. The zero-order chi connectivity index (χ0) is 14.9. The minimum Gasteiger partial charge on any atom is -0.492 e. The lowest BCUT2D eigenvalue weighted by atomic mass is 9.79. The van der Waals surface area contributed by atoms with Crippen molar-refractivity contribution in [1.82, 2.24) is 5.32 Å². The van der Waals surface area contributed by atoms with Gasteiger partial charge in [-0.1, -0.05) is 25.1 Å². The first kappa shape index (κ1) is 14.4. The standard InChI is InChI=1S/C17H23NO3/c1-12-6-8-17(20,9-7-12)11-18-16(19)14-10-21-15-5-3-2-4-13(14)15/h2-5,12,14,20H,6-11H2,1H3,(H,18,19). The number of carbonyl (C=O) groups is 1. The fourth-order valence-electron chi connectivity index (χ4n) is 3.23. The highest BCUT2D eigenvalue weighted by atomic mass is 16.5. The maximum absolute atomic E-state index is 12.4. The number of fused-ring (bicyclic) bond motifs is 1. The van der Waals surface area contributed by atoms with Crippen molar-refractivity contribution in [3.8, 4) is 5.75 Å². The number of ether oxygens (including phenoxy) is 1. The maximum atomic E-state index is 12.4. The van der Waals surface area contributed by atoms with Crippen molar-refractivity contribution in [2.24, 2.45) is 5.92 Å². The van der Waals surface area contributed by atoms with Crippen molar-refractivity contribution >= 4 is 5.91 Å². The number of hydrogen-bond donors (Lipinski definition) is 2. The Balaban J connectivity index is 1.58. The predicted molar refractivity (Wildman–Crippen MR) is 80.3 cm³/mol. The largest absolute Gasteiger partial charge is 0.492 e. The van der Waals surface area contributed by atoms with Crippen molar-refractivity contribution in [2.75, 3.05) is 13.2 Å². The monoisotopic (exact) mass is 289 g/mol. The Morgan fingerprint density at radius 1 is 1.38 bits per heavy atom. The molecule has 4 heteroatoms. The molecule has 2 N–H and O–H groups in total. The number of nitrogens with one attached hydrogen (secondary N) is 1. The van der Waals surface area contributed by atoms with Crippen LogP contribution < -0.4 is 10.1 Å². The highest BCUT2D eigenvalue weighted by Crippen LogP contribution is 2.34. The molecule has 1 aliphatic heterocycles. The average molecular weight is 289 g/mol. The molecule has 2 aliphatic rings. The van der Waals surface area contributed by atoms with Crippen LogP contribution in [0.2, 0.25) is 0 Å². The van der Waals surface area contributed by atoms with E-state index in [1.807, 2.05) is 24.3 Å². The van der Waals surface area contributed by atoms with Gasteiger partial charge in [-0.15, -0.1) is 0 Å². The van der Waals surface area contributed by atoms with Gasteiger partial charge >= 0.3 is 0 Å². The van der Waals surface area contributed by atoms with Crippen molar-refractivity contribution in [1.29, 1.82) is 0 Å². The molecule has 0 radical (unpaired) electrons. The van der Waals surface area contributed by atoms with Crippen LogP contribution in [0.5, 0.6) is 5.75 Å². The number of rotatable bonds is 3. The second-order valence-electron chi connectivity index (χ2n) is 6.53. The van der Waals surface area contributed by atoms with Crippen LogP contribution in [0.4, 0.5) is 0 Å². The topological polar surface area (TPSA) is 58.6 Å². The van der Waals surface area contributed by atoms with Gasteiger partial charge in [0.1, 0.15) is 18.3 Å². The Hall–Kier alpha value is -1.55. The van der Waals surface area contributed by atoms with E-state index in [9.17, 15) is 9.90 Å². The Morgan fingerprint density at radius 2 is 2.10 bits per heavy atom. The maximum Gasteiger partial charge on any atom is 0.231 e. The van der Waals surface area contributed by atoms with Crippen LogP contribution in [-0.4, -0.2) is 29.8 Å². The number of para-hydroxylation sites is 1. The molecule has 1 amide bonds. The van der Waals surface area contributed by atoms with Gasteiger partial charge in [-0.2, -0.15) is 0 Å². The molecule has 1 aromatic rings. The number of aliphatic hydroxyl groups is 1. The first-order valence-corrected chi connectivity index (χ1v) is 7.79. The summed E-state index contributed by atoms with van der Waals surface area (Å²) in [6, 6.07) is 7.65. The van der Waals surface area contributed by atoms with Crippen molar-refractivity contribution in [3.63, 3.8) is 0 Å². The molecular formula is C17H23NO3. The van der Waals surface area contributed by atoms with Crippen LogP contribution in [0, 0.1) is 5.92 Å². The van der Waals surface area contributed by atoms with Crippen LogP contribution in [-0.2, 0) is 4.79 Å². The summed E-state index contributed by atoms with van der Waals surface area (Å²) in [6.45, 7) is 2.95. The second kappa shape index (κ2) is 5.68. The molecule has 0 aromatic heterocycles. The van der Waals surface area contributed by atoms with E-state index in [2.05, 4.69) is 12.2 Å². The summed E-state index contributed by atoms with van der Waals surface area (Å²) in [6.07, 6.45) is 3.60. The Bertz CT molecular complexity index is 521. The van der Waals surface area contributed by atoms with Gasteiger partial charge in [-0.3, -0.25) is 4.79 Å². The number of benzene rings is 1. The molecule has 1 aliphatic carbocycles. The molecule has 0 saturated heterocycles. The van der Waals surface area contributed by atoms with Crippen LogP contribution in [0.3, 0.4) is 0 Å². The van der Waals surface area contributed by atoms with E-state index in [0.717, 1.165) is 37.0 Å². The third-order valence-electron chi connectivity index (χ3n) is 4.81. The average Bonchev–Trinajstić information content (AvgIpc) is 2.92. The van der Waals surface area contributed by atoms with Gasteiger partial charge < -0.3 is 15.2 Å². The van der Waals surface area contributed by atoms with E-state index in [1.165, 1.54) is 0 Å². The Labute approximate surface area is 125 Å². The number of amides is 1. The van der Waals surface area contributed by atoms with Gasteiger partial charge in [0.25, 0.3) is 0 Å². The molecule has 1 saturated carbocycles. The number of carbonyl (C=O) groups excluding carboxylic acids is 1. The minimum absolute atomic E-state index is 0.0491. The lowest BCUT2D eigenvalue weighted by molar-refractivity contribution is -0.124. The third-order valence-corrected chi connectivity index (χ3v) is 4.81. The first-order chi connectivity index (χ1) is 10.1.